The average Bonchev–Trinajstić information content (AvgIpc) is 2.77. The summed E-state index contributed by atoms with van der Waals surface area (Å²) in [6, 6.07) is 10.9. The molecule has 1 aromatic rings. The maximum Gasteiger partial charge on any atom is 0.105 e. The highest BCUT2D eigenvalue weighted by Gasteiger charge is 2.24. The highest BCUT2D eigenvalue weighted by Crippen LogP contribution is 2.19. The lowest BCUT2D eigenvalue weighted by atomic mass is 10.0. The number of quaternary nitrogens is 1. The van der Waals surface area contributed by atoms with Gasteiger partial charge in [-0.15, -0.1) is 0 Å². The van der Waals surface area contributed by atoms with Crippen molar-refractivity contribution in [1.29, 1.82) is 0 Å². The summed E-state index contributed by atoms with van der Waals surface area (Å²) in [7, 11) is 0. The summed E-state index contributed by atoms with van der Waals surface area (Å²) in [4.78, 5) is 0. The minimum Gasteiger partial charge on any atom is -1.00 e. The Morgan fingerprint density at radius 3 is 1.52 bits per heavy atom. The van der Waals surface area contributed by atoms with E-state index in [1.54, 1.807) is 0 Å². The Labute approximate surface area is 213 Å². The molecule has 0 aliphatic carbocycles. The highest BCUT2D eigenvalue weighted by molar-refractivity contribution is 5.13. The summed E-state index contributed by atoms with van der Waals surface area (Å²) in [6.45, 7) is 17.1. The predicted molar refractivity (Wildman–Crippen MR) is 145 cm³/mol. The number of hydrogen-bond acceptors (Lipinski definition) is 0. The normalized spacial score (nSPS) is 11.4. The molecule has 0 saturated heterocycles. The standard InChI is InChI=1S/C31H54N.ClH/c1-5-26-32(27-6-2,29-31-24-20-18-21-25-31)28-22-17-15-13-11-9-7-8-10-12-14-16-19-23-30(3)4;/h5-6,18,20-21,24-25,30H,1-2,7-17,19,22-23,26-29H2,3-4H3;1H/q+1;/p-1. The molecule has 0 fully saturated rings. The molecule has 0 unspecified atom stereocenters. The third-order valence-corrected chi connectivity index (χ3v) is 6.81. The SMILES string of the molecule is C=CC[N+](CC=C)(CCCCCCCCCCCCCCCC(C)C)Cc1ccccc1.[Cl-]. The fraction of sp³-hybridized carbons (Fsp3) is 0.677. The molecule has 0 bridgehead atoms. The van der Waals surface area contributed by atoms with Crippen LogP contribution in [0.25, 0.3) is 0 Å². The van der Waals surface area contributed by atoms with Crippen molar-refractivity contribution in [1.82, 2.24) is 0 Å². The van der Waals surface area contributed by atoms with E-state index in [1.165, 1.54) is 102 Å². The summed E-state index contributed by atoms with van der Waals surface area (Å²) in [5.74, 6) is 0.880. The Bertz CT molecular complexity index is 556. The topological polar surface area (TPSA) is 0 Å². The minimum absolute atomic E-state index is 0. The van der Waals surface area contributed by atoms with Gasteiger partial charge in [0.2, 0.25) is 0 Å². The van der Waals surface area contributed by atoms with Gasteiger partial charge in [0.05, 0.1) is 19.6 Å². The van der Waals surface area contributed by atoms with Crippen molar-refractivity contribution in [2.75, 3.05) is 19.6 Å². The van der Waals surface area contributed by atoms with E-state index in [-0.39, 0.29) is 12.4 Å². The summed E-state index contributed by atoms with van der Waals surface area (Å²) in [6.07, 6.45) is 24.1. The van der Waals surface area contributed by atoms with Gasteiger partial charge in [-0.2, -0.15) is 0 Å². The second-order valence-corrected chi connectivity index (χ2v) is 10.4. The zero-order chi connectivity index (χ0) is 23.3. The van der Waals surface area contributed by atoms with Crippen LogP contribution in [0.15, 0.2) is 55.6 Å². The molecule has 1 aromatic carbocycles. The largest absolute Gasteiger partial charge is 1.00 e. The van der Waals surface area contributed by atoms with Crippen molar-refractivity contribution in [3.05, 3.63) is 61.2 Å². The molecule has 0 spiro atoms. The van der Waals surface area contributed by atoms with Crippen molar-refractivity contribution < 1.29 is 16.9 Å². The molecule has 1 rings (SSSR count). The summed E-state index contributed by atoms with van der Waals surface area (Å²) >= 11 is 0. The van der Waals surface area contributed by atoms with Crippen LogP contribution in [-0.2, 0) is 6.54 Å². The number of halogens is 1. The fourth-order valence-corrected chi connectivity index (χ4v) is 4.93. The molecular weight excluding hydrogens is 422 g/mol. The molecular formula is C31H54ClN. The highest BCUT2D eigenvalue weighted by atomic mass is 35.5. The number of rotatable bonds is 22. The van der Waals surface area contributed by atoms with Crippen LogP contribution in [0.4, 0.5) is 0 Å². The Kier molecular flexibility index (Phi) is 20.8. The zero-order valence-electron chi connectivity index (χ0n) is 22.1. The molecule has 33 heavy (non-hydrogen) atoms. The van der Waals surface area contributed by atoms with Crippen molar-refractivity contribution in [3.63, 3.8) is 0 Å². The van der Waals surface area contributed by atoms with Crippen molar-refractivity contribution in [3.8, 4) is 0 Å². The molecule has 0 atom stereocenters. The van der Waals surface area contributed by atoms with Crippen LogP contribution in [0.3, 0.4) is 0 Å². The minimum atomic E-state index is 0. The Morgan fingerprint density at radius 1 is 0.667 bits per heavy atom. The molecule has 0 heterocycles. The third kappa shape index (κ3) is 17.1. The maximum absolute atomic E-state index is 4.04. The van der Waals surface area contributed by atoms with Crippen LogP contribution < -0.4 is 12.4 Å². The van der Waals surface area contributed by atoms with E-state index >= 15 is 0 Å². The lowest BCUT2D eigenvalue weighted by molar-refractivity contribution is -0.930. The molecule has 0 aromatic heterocycles. The van der Waals surface area contributed by atoms with Gasteiger partial charge in [-0.3, -0.25) is 0 Å². The second kappa shape index (κ2) is 21.5. The van der Waals surface area contributed by atoms with Crippen molar-refractivity contribution in [2.24, 2.45) is 5.92 Å². The van der Waals surface area contributed by atoms with Crippen molar-refractivity contribution >= 4 is 0 Å². The van der Waals surface area contributed by atoms with E-state index in [0.717, 1.165) is 30.0 Å². The average molecular weight is 476 g/mol. The molecule has 190 valence electrons. The van der Waals surface area contributed by atoms with Gasteiger partial charge in [-0.25, -0.2) is 0 Å². The lowest BCUT2D eigenvalue weighted by Crippen LogP contribution is -3.00. The van der Waals surface area contributed by atoms with E-state index < -0.39 is 0 Å². The summed E-state index contributed by atoms with van der Waals surface area (Å²) < 4.78 is 1.06. The Hall–Kier alpha value is -1.05. The molecule has 0 aliphatic heterocycles. The van der Waals surface area contributed by atoms with Crippen LogP contribution in [0.2, 0.25) is 0 Å². The first-order valence-corrected chi connectivity index (χ1v) is 13.7. The van der Waals surface area contributed by atoms with Gasteiger partial charge in [0.25, 0.3) is 0 Å². The Morgan fingerprint density at radius 2 is 1.09 bits per heavy atom. The second-order valence-electron chi connectivity index (χ2n) is 10.4. The van der Waals surface area contributed by atoms with Gasteiger partial charge in [0.15, 0.2) is 0 Å². The van der Waals surface area contributed by atoms with E-state index in [9.17, 15) is 0 Å². The van der Waals surface area contributed by atoms with Crippen LogP contribution in [-0.4, -0.2) is 24.1 Å². The van der Waals surface area contributed by atoms with Crippen LogP contribution in [0.5, 0.6) is 0 Å². The van der Waals surface area contributed by atoms with Gasteiger partial charge in [0.1, 0.15) is 6.54 Å². The van der Waals surface area contributed by atoms with Crippen LogP contribution >= 0.6 is 0 Å². The van der Waals surface area contributed by atoms with E-state index in [0.29, 0.717) is 0 Å². The first kappa shape index (κ1) is 31.9. The first-order chi connectivity index (χ1) is 15.6. The van der Waals surface area contributed by atoms with Gasteiger partial charge in [0, 0.05) is 5.56 Å². The van der Waals surface area contributed by atoms with Crippen molar-refractivity contribution in [2.45, 2.75) is 110 Å². The van der Waals surface area contributed by atoms with Gasteiger partial charge < -0.3 is 16.9 Å². The van der Waals surface area contributed by atoms with Gasteiger partial charge in [-0.1, -0.05) is 134 Å². The summed E-state index contributed by atoms with van der Waals surface area (Å²) in [5, 5.41) is 0. The lowest BCUT2D eigenvalue weighted by Gasteiger charge is -2.37. The first-order valence-electron chi connectivity index (χ1n) is 13.7. The quantitative estimate of drug-likeness (QED) is 0.102. The van der Waals surface area contributed by atoms with E-state index in [1.807, 2.05) is 0 Å². The van der Waals surface area contributed by atoms with E-state index in [4.69, 9.17) is 0 Å². The van der Waals surface area contributed by atoms with Gasteiger partial charge >= 0.3 is 0 Å². The molecule has 0 radical (unpaired) electrons. The number of nitrogens with zero attached hydrogens (tertiary/aromatic N) is 1. The van der Waals surface area contributed by atoms with E-state index in [2.05, 4.69) is 69.5 Å². The third-order valence-electron chi connectivity index (χ3n) is 6.81. The number of benzene rings is 1. The smallest absolute Gasteiger partial charge is 0.105 e. The molecule has 1 nitrogen and oxygen atoms in total. The fourth-order valence-electron chi connectivity index (χ4n) is 4.93. The van der Waals surface area contributed by atoms with Crippen LogP contribution in [0, 0.1) is 5.92 Å². The van der Waals surface area contributed by atoms with Gasteiger partial charge in [-0.05, 0) is 30.9 Å². The molecule has 0 amide bonds. The van der Waals surface area contributed by atoms with Crippen LogP contribution in [0.1, 0.15) is 109 Å². The monoisotopic (exact) mass is 475 g/mol. The molecule has 2 heteroatoms. The summed E-state index contributed by atoms with van der Waals surface area (Å²) in [5.41, 5.74) is 1.42. The molecule has 0 aliphatic rings. The zero-order valence-corrected chi connectivity index (χ0v) is 22.8. The maximum atomic E-state index is 4.04. The number of unbranched alkanes of at least 4 members (excludes halogenated alkanes) is 12. The molecule has 0 saturated carbocycles. The molecule has 0 N–H and O–H groups in total. The predicted octanol–water partition coefficient (Wildman–Crippen LogP) is 6.50. The number of hydrogen-bond donors (Lipinski definition) is 0. The Balaban J connectivity index is 0.0000102.